The van der Waals surface area contributed by atoms with Crippen molar-refractivity contribution in [2.24, 2.45) is 0 Å². The fourth-order valence-electron chi connectivity index (χ4n) is 1.20. The van der Waals surface area contributed by atoms with Gasteiger partial charge in [0.1, 0.15) is 0 Å². The molecule has 0 radical (unpaired) electrons. The van der Waals surface area contributed by atoms with E-state index in [9.17, 15) is 0 Å². The zero-order valence-electron chi connectivity index (χ0n) is 7.52. The van der Waals surface area contributed by atoms with Crippen LogP contribution >= 0.6 is 0 Å². The number of allylic oxidation sites excluding steroid dienone is 1. The zero-order chi connectivity index (χ0) is 8.32. The van der Waals surface area contributed by atoms with E-state index < -0.39 is 0 Å². The molecule has 1 rings (SSSR count). The van der Waals surface area contributed by atoms with Crippen LogP contribution < -0.4 is 0 Å². The molecule has 0 atom stereocenters. The molecule has 0 heterocycles. The summed E-state index contributed by atoms with van der Waals surface area (Å²) in [5, 5.41) is 0. The van der Waals surface area contributed by atoms with Gasteiger partial charge in [-0.1, -0.05) is 0 Å². The fraction of sp³-hybridized carbons (Fsp3) is 0.778. The second kappa shape index (κ2) is 3.26. The summed E-state index contributed by atoms with van der Waals surface area (Å²) >= 11 is 0. The van der Waals surface area contributed by atoms with Crippen molar-refractivity contribution in [3.8, 4) is 0 Å². The molecule has 1 saturated carbocycles. The predicted molar refractivity (Wildman–Crippen MR) is 44.4 cm³/mol. The Morgan fingerprint density at radius 2 is 2.09 bits per heavy atom. The smallest absolute Gasteiger partial charge is 0.0941 e. The van der Waals surface area contributed by atoms with Crippen molar-refractivity contribution in [3.05, 3.63) is 11.8 Å². The van der Waals surface area contributed by atoms with Gasteiger partial charge < -0.3 is 9.47 Å². The molecule has 11 heavy (non-hydrogen) atoms. The average molecular weight is 156 g/mol. The Morgan fingerprint density at radius 1 is 1.45 bits per heavy atom. The molecule has 0 aromatic carbocycles. The molecule has 0 saturated heterocycles. The third kappa shape index (κ3) is 1.96. The first-order chi connectivity index (χ1) is 5.26. The van der Waals surface area contributed by atoms with Crippen LogP contribution in [0.5, 0.6) is 0 Å². The van der Waals surface area contributed by atoms with Gasteiger partial charge in [-0.15, -0.1) is 0 Å². The Labute approximate surface area is 68.2 Å². The molecule has 0 unspecified atom stereocenters. The lowest BCUT2D eigenvalue weighted by Gasteiger charge is -2.14. The first-order valence-electron chi connectivity index (χ1n) is 4.00. The minimum absolute atomic E-state index is 0.123. The molecule has 0 bridgehead atoms. The molecule has 64 valence electrons. The monoisotopic (exact) mass is 156 g/mol. The number of hydrogen-bond acceptors (Lipinski definition) is 2. The Hall–Kier alpha value is -0.500. The van der Waals surface area contributed by atoms with Crippen LogP contribution in [-0.4, -0.2) is 19.8 Å². The van der Waals surface area contributed by atoms with Gasteiger partial charge in [-0.2, -0.15) is 0 Å². The molecule has 1 fully saturated rings. The summed E-state index contributed by atoms with van der Waals surface area (Å²) in [6, 6.07) is 0. The highest BCUT2D eigenvalue weighted by molar-refractivity contribution is 5.06. The maximum absolute atomic E-state index is 5.36. The lowest BCUT2D eigenvalue weighted by atomic mass is 10.2. The van der Waals surface area contributed by atoms with Crippen LogP contribution in [0.4, 0.5) is 0 Å². The summed E-state index contributed by atoms with van der Waals surface area (Å²) in [6.07, 6.45) is 5.27. The highest BCUT2D eigenvalue weighted by Gasteiger charge is 2.43. The normalized spacial score (nSPS) is 21.5. The minimum atomic E-state index is 0.123. The fourth-order valence-corrected chi connectivity index (χ4v) is 1.20. The van der Waals surface area contributed by atoms with Crippen LogP contribution in [0, 0.1) is 0 Å². The molecule has 2 nitrogen and oxygen atoms in total. The summed E-state index contributed by atoms with van der Waals surface area (Å²) in [6.45, 7) is 1.99. The first-order valence-corrected chi connectivity index (χ1v) is 4.00. The van der Waals surface area contributed by atoms with Gasteiger partial charge in [0.25, 0.3) is 0 Å². The van der Waals surface area contributed by atoms with Crippen LogP contribution in [-0.2, 0) is 9.47 Å². The van der Waals surface area contributed by atoms with E-state index in [0.29, 0.717) is 0 Å². The van der Waals surface area contributed by atoms with Crippen LogP contribution in [0.2, 0.25) is 0 Å². The lowest BCUT2D eigenvalue weighted by Crippen LogP contribution is -2.12. The van der Waals surface area contributed by atoms with E-state index in [1.54, 1.807) is 14.2 Å². The van der Waals surface area contributed by atoms with Gasteiger partial charge in [-0.25, -0.2) is 0 Å². The van der Waals surface area contributed by atoms with E-state index >= 15 is 0 Å². The van der Waals surface area contributed by atoms with Crippen molar-refractivity contribution in [1.29, 1.82) is 0 Å². The molecule has 0 aliphatic heterocycles. The Balaban J connectivity index is 2.40. The van der Waals surface area contributed by atoms with Gasteiger partial charge in [0.15, 0.2) is 0 Å². The minimum Gasteiger partial charge on any atom is -0.501 e. The van der Waals surface area contributed by atoms with Crippen LogP contribution in [0.3, 0.4) is 0 Å². The van der Waals surface area contributed by atoms with Gasteiger partial charge >= 0.3 is 0 Å². The standard InChI is InChI=1S/C9H16O2/c1-4-8(10-2)7-9(11-3)5-6-9/h4H,5-7H2,1-3H3/b8-4+. The van der Waals surface area contributed by atoms with Gasteiger partial charge in [0, 0.05) is 13.5 Å². The zero-order valence-corrected chi connectivity index (χ0v) is 7.52. The third-order valence-corrected chi connectivity index (χ3v) is 2.32. The lowest BCUT2D eigenvalue weighted by molar-refractivity contribution is 0.0669. The Kier molecular flexibility index (Phi) is 2.55. The molecular formula is C9H16O2. The van der Waals surface area contributed by atoms with E-state index in [1.807, 2.05) is 13.0 Å². The molecule has 0 aromatic rings. The quantitative estimate of drug-likeness (QED) is 0.580. The van der Waals surface area contributed by atoms with E-state index in [-0.39, 0.29) is 5.60 Å². The average Bonchev–Trinajstić information content (AvgIpc) is 2.81. The van der Waals surface area contributed by atoms with Gasteiger partial charge in [-0.05, 0) is 25.8 Å². The molecule has 0 spiro atoms. The van der Waals surface area contributed by atoms with Crippen molar-refractivity contribution in [3.63, 3.8) is 0 Å². The number of rotatable bonds is 4. The third-order valence-electron chi connectivity index (χ3n) is 2.32. The van der Waals surface area contributed by atoms with Gasteiger partial charge in [-0.3, -0.25) is 0 Å². The topological polar surface area (TPSA) is 18.5 Å². The number of methoxy groups -OCH3 is 2. The molecule has 0 aromatic heterocycles. The molecule has 0 N–H and O–H groups in total. The van der Waals surface area contributed by atoms with Crippen LogP contribution in [0.1, 0.15) is 26.2 Å². The highest BCUT2D eigenvalue weighted by atomic mass is 16.5. The van der Waals surface area contributed by atoms with E-state index in [4.69, 9.17) is 9.47 Å². The van der Waals surface area contributed by atoms with E-state index in [0.717, 1.165) is 12.2 Å². The number of hydrogen-bond donors (Lipinski definition) is 0. The van der Waals surface area contributed by atoms with Crippen molar-refractivity contribution in [2.45, 2.75) is 31.8 Å². The Bertz CT molecular complexity index is 157. The second-order valence-corrected chi connectivity index (χ2v) is 3.02. The van der Waals surface area contributed by atoms with E-state index in [1.165, 1.54) is 12.8 Å². The van der Waals surface area contributed by atoms with Crippen molar-refractivity contribution in [1.82, 2.24) is 0 Å². The van der Waals surface area contributed by atoms with Gasteiger partial charge in [0.2, 0.25) is 0 Å². The van der Waals surface area contributed by atoms with Gasteiger partial charge in [0.05, 0.1) is 18.5 Å². The van der Waals surface area contributed by atoms with Crippen molar-refractivity contribution < 1.29 is 9.47 Å². The molecule has 1 aliphatic rings. The largest absolute Gasteiger partial charge is 0.501 e. The second-order valence-electron chi connectivity index (χ2n) is 3.02. The highest BCUT2D eigenvalue weighted by Crippen LogP contribution is 2.44. The molecular weight excluding hydrogens is 140 g/mol. The SMILES string of the molecule is C/C=C(\CC1(OC)CC1)OC. The first kappa shape index (κ1) is 8.60. The summed E-state index contributed by atoms with van der Waals surface area (Å²) in [5.74, 6) is 1.03. The summed E-state index contributed by atoms with van der Waals surface area (Å²) in [4.78, 5) is 0. The maximum atomic E-state index is 5.36. The molecule has 1 aliphatic carbocycles. The van der Waals surface area contributed by atoms with Crippen molar-refractivity contribution in [2.75, 3.05) is 14.2 Å². The van der Waals surface area contributed by atoms with E-state index in [2.05, 4.69) is 0 Å². The number of ether oxygens (including phenoxy) is 2. The van der Waals surface area contributed by atoms with Crippen LogP contribution in [0.25, 0.3) is 0 Å². The Morgan fingerprint density at radius 3 is 2.36 bits per heavy atom. The van der Waals surface area contributed by atoms with Crippen molar-refractivity contribution >= 4 is 0 Å². The molecule has 0 amide bonds. The molecule has 2 heteroatoms. The summed E-state index contributed by atoms with van der Waals surface area (Å²) in [7, 11) is 3.48. The summed E-state index contributed by atoms with van der Waals surface area (Å²) < 4.78 is 10.5. The predicted octanol–water partition coefficient (Wildman–Crippen LogP) is 2.11. The summed E-state index contributed by atoms with van der Waals surface area (Å²) in [5.41, 5.74) is 0.123. The van der Waals surface area contributed by atoms with Crippen LogP contribution in [0.15, 0.2) is 11.8 Å². The maximum Gasteiger partial charge on any atom is 0.0941 e.